The molecule has 4 rings (SSSR count). The number of amides is 1. The third-order valence-electron chi connectivity index (χ3n) is 4.67. The lowest BCUT2D eigenvalue weighted by Crippen LogP contribution is -2.40. The number of nitrogens with zero attached hydrogens (tertiary/aromatic N) is 2. The fourth-order valence-electron chi connectivity index (χ4n) is 3.60. The topological polar surface area (TPSA) is 49.7 Å². The summed E-state index contributed by atoms with van der Waals surface area (Å²) < 4.78 is 0. The van der Waals surface area contributed by atoms with E-state index in [4.69, 9.17) is 4.99 Å². The molecule has 0 spiro atoms. The van der Waals surface area contributed by atoms with Gasteiger partial charge in [0.25, 0.3) is 5.91 Å². The van der Waals surface area contributed by atoms with E-state index in [2.05, 4.69) is 12.1 Å². The molecule has 1 saturated heterocycles. The summed E-state index contributed by atoms with van der Waals surface area (Å²) in [5.74, 6) is -0.214. The van der Waals surface area contributed by atoms with Crippen LogP contribution in [0.5, 0.6) is 0 Å². The molecule has 3 aliphatic rings. The summed E-state index contributed by atoms with van der Waals surface area (Å²) in [6.07, 6.45) is 4.23. The van der Waals surface area contributed by atoms with Crippen molar-refractivity contribution >= 4 is 28.6 Å². The normalized spacial score (nSPS) is 26.7. The predicted octanol–water partition coefficient (Wildman–Crippen LogP) is 3.46. The van der Waals surface area contributed by atoms with Gasteiger partial charge in [0.05, 0.1) is 6.04 Å². The van der Waals surface area contributed by atoms with E-state index in [1.165, 1.54) is 24.3 Å². The van der Waals surface area contributed by atoms with Crippen LogP contribution in [0, 0.1) is 0 Å². The van der Waals surface area contributed by atoms with Crippen LogP contribution in [0.3, 0.4) is 0 Å². The molecule has 2 aliphatic heterocycles. The summed E-state index contributed by atoms with van der Waals surface area (Å²) >= 11 is 1.31. The second kappa shape index (κ2) is 5.64. The summed E-state index contributed by atoms with van der Waals surface area (Å²) in [5.41, 5.74) is 3.48. The second-order valence-electron chi connectivity index (χ2n) is 6.20. The minimum Gasteiger partial charge on any atom is -0.298 e. The second-order valence-corrected chi connectivity index (χ2v) is 7.28. The van der Waals surface area contributed by atoms with Crippen molar-refractivity contribution in [3.63, 3.8) is 0 Å². The van der Waals surface area contributed by atoms with Gasteiger partial charge in [-0.25, -0.2) is 4.99 Å². The average Bonchev–Trinajstić information content (AvgIpc) is 2.90. The van der Waals surface area contributed by atoms with Crippen LogP contribution in [0.1, 0.15) is 44.2 Å². The minimum absolute atomic E-state index is 0.0941. The number of benzene rings is 1. The third kappa shape index (κ3) is 2.34. The number of amidine groups is 1. The van der Waals surface area contributed by atoms with Gasteiger partial charge in [0, 0.05) is 5.70 Å². The van der Waals surface area contributed by atoms with Crippen LogP contribution >= 0.6 is 11.8 Å². The zero-order chi connectivity index (χ0) is 16.0. The van der Waals surface area contributed by atoms with Gasteiger partial charge in [0.1, 0.15) is 5.25 Å². The van der Waals surface area contributed by atoms with Crippen LogP contribution in [0.15, 0.2) is 46.6 Å². The predicted molar refractivity (Wildman–Crippen MR) is 91.0 cm³/mol. The maximum absolute atomic E-state index is 12.8. The molecule has 4 nitrogen and oxygen atoms in total. The van der Waals surface area contributed by atoms with Crippen LogP contribution in [0.2, 0.25) is 0 Å². The Bertz CT molecular complexity index is 739. The van der Waals surface area contributed by atoms with Gasteiger partial charge in [-0.3, -0.25) is 14.5 Å². The maximum atomic E-state index is 12.8. The number of fused-ring (bicyclic) bond motifs is 1. The van der Waals surface area contributed by atoms with Crippen LogP contribution < -0.4 is 0 Å². The number of rotatable bonds is 2. The van der Waals surface area contributed by atoms with E-state index in [0.717, 1.165) is 36.9 Å². The molecule has 118 valence electrons. The zero-order valence-corrected chi connectivity index (χ0v) is 13.8. The van der Waals surface area contributed by atoms with Crippen molar-refractivity contribution in [1.82, 2.24) is 4.90 Å². The number of carbonyl (C=O) groups excluding carboxylic acids is 2. The Labute approximate surface area is 139 Å². The molecule has 0 bridgehead atoms. The van der Waals surface area contributed by atoms with Gasteiger partial charge in [0.2, 0.25) is 0 Å². The Hall–Kier alpha value is -1.88. The SMILES string of the molecule is CC(=O)[C@@H]1SC2=NC3=C(CCCC3)[C@@H](c3ccccc3)N2C1=O. The maximum Gasteiger partial charge on any atom is 0.250 e. The van der Waals surface area contributed by atoms with Gasteiger partial charge >= 0.3 is 0 Å². The number of aliphatic imine (C=N–C) groups is 1. The largest absolute Gasteiger partial charge is 0.298 e. The standard InChI is InChI=1S/C18H18N2O2S/c1-11(21)16-17(22)20-15(12-7-3-2-4-8-12)13-9-5-6-10-14(13)19-18(20)23-16/h2-4,7-8,15-16H,5-6,9-10H2,1H3/t15-,16+/m1/s1. The van der Waals surface area contributed by atoms with Crippen LogP contribution in [0.25, 0.3) is 0 Å². The van der Waals surface area contributed by atoms with Gasteiger partial charge in [-0.05, 0) is 43.7 Å². The van der Waals surface area contributed by atoms with E-state index >= 15 is 0 Å². The Morgan fingerprint density at radius 1 is 1.22 bits per heavy atom. The first kappa shape index (κ1) is 14.7. The third-order valence-corrected chi connectivity index (χ3v) is 5.94. The highest BCUT2D eigenvalue weighted by Crippen LogP contribution is 2.46. The lowest BCUT2D eigenvalue weighted by Gasteiger charge is -2.36. The Balaban J connectivity index is 1.84. The van der Waals surface area contributed by atoms with Gasteiger partial charge in [-0.2, -0.15) is 0 Å². The fraction of sp³-hybridized carbons (Fsp3) is 0.389. The fourth-order valence-corrected chi connectivity index (χ4v) is 4.66. The molecule has 1 fully saturated rings. The van der Waals surface area contributed by atoms with Crippen molar-refractivity contribution in [3.8, 4) is 0 Å². The molecule has 0 unspecified atom stereocenters. The van der Waals surface area contributed by atoms with Crippen LogP contribution in [-0.4, -0.2) is 27.0 Å². The van der Waals surface area contributed by atoms with Crippen molar-refractivity contribution < 1.29 is 9.59 Å². The molecular weight excluding hydrogens is 308 g/mol. The molecule has 1 aliphatic carbocycles. The molecule has 1 aromatic carbocycles. The Kier molecular flexibility index (Phi) is 3.60. The molecule has 2 heterocycles. The molecule has 0 saturated carbocycles. The van der Waals surface area contributed by atoms with E-state index < -0.39 is 5.25 Å². The molecule has 23 heavy (non-hydrogen) atoms. The van der Waals surface area contributed by atoms with Gasteiger partial charge < -0.3 is 0 Å². The van der Waals surface area contributed by atoms with Crippen molar-refractivity contribution in [2.24, 2.45) is 4.99 Å². The molecule has 1 amide bonds. The van der Waals surface area contributed by atoms with Crippen molar-refractivity contribution in [3.05, 3.63) is 47.2 Å². The van der Waals surface area contributed by atoms with E-state index in [1.54, 1.807) is 4.90 Å². The summed E-state index contributed by atoms with van der Waals surface area (Å²) in [7, 11) is 0. The highest BCUT2D eigenvalue weighted by atomic mass is 32.2. The average molecular weight is 326 g/mol. The molecule has 0 radical (unpaired) electrons. The Morgan fingerprint density at radius 3 is 2.70 bits per heavy atom. The first-order valence-corrected chi connectivity index (χ1v) is 8.90. The summed E-state index contributed by atoms with van der Waals surface area (Å²) in [4.78, 5) is 31.1. The smallest absolute Gasteiger partial charge is 0.250 e. The van der Waals surface area contributed by atoms with Gasteiger partial charge in [0.15, 0.2) is 11.0 Å². The lowest BCUT2D eigenvalue weighted by molar-refractivity contribution is -0.131. The monoisotopic (exact) mass is 326 g/mol. The van der Waals surface area contributed by atoms with Gasteiger partial charge in [-0.1, -0.05) is 42.1 Å². The van der Waals surface area contributed by atoms with Crippen molar-refractivity contribution in [2.75, 3.05) is 0 Å². The first-order chi connectivity index (χ1) is 11.2. The highest BCUT2D eigenvalue weighted by molar-refractivity contribution is 8.16. The van der Waals surface area contributed by atoms with Crippen LogP contribution in [0.4, 0.5) is 0 Å². The number of ketones is 1. The number of hydrogen-bond acceptors (Lipinski definition) is 4. The highest BCUT2D eigenvalue weighted by Gasteiger charge is 2.47. The van der Waals surface area contributed by atoms with E-state index in [-0.39, 0.29) is 17.7 Å². The van der Waals surface area contributed by atoms with Crippen molar-refractivity contribution in [1.29, 1.82) is 0 Å². The summed E-state index contributed by atoms with van der Waals surface area (Å²) in [6, 6.07) is 10.0. The minimum atomic E-state index is -0.638. The summed E-state index contributed by atoms with van der Waals surface area (Å²) in [6.45, 7) is 1.49. The molecule has 0 N–H and O–H groups in total. The number of hydrogen-bond donors (Lipinski definition) is 0. The molecule has 0 aromatic heterocycles. The van der Waals surface area contributed by atoms with Crippen LogP contribution in [-0.2, 0) is 9.59 Å². The quantitative estimate of drug-likeness (QED) is 0.782. The number of thioether (sulfide) groups is 1. The number of carbonyl (C=O) groups is 2. The van der Waals surface area contributed by atoms with Gasteiger partial charge in [-0.15, -0.1) is 0 Å². The van der Waals surface area contributed by atoms with E-state index in [1.807, 2.05) is 18.2 Å². The molecule has 5 heteroatoms. The first-order valence-electron chi connectivity index (χ1n) is 8.02. The number of Topliss-reactive ketones (excluding diaryl/α,β-unsaturated/α-hetero) is 1. The van der Waals surface area contributed by atoms with E-state index in [0.29, 0.717) is 5.17 Å². The summed E-state index contributed by atoms with van der Waals surface area (Å²) in [5, 5.41) is 0.0611. The lowest BCUT2D eigenvalue weighted by atomic mass is 9.86. The Morgan fingerprint density at radius 2 is 1.96 bits per heavy atom. The molecular formula is C18H18N2O2S. The van der Waals surface area contributed by atoms with E-state index in [9.17, 15) is 9.59 Å². The number of allylic oxidation sites excluding steroid dienone is 1. The van der Waals surface area contributed by atoms with Crippen molar-refractivity contribution in [2.45, 2.75) is 43.9 Å². The molecule has 2 atom stereocenters. The molecule has 1 aromatic rings. The zero-order valence-electron chi connectivity index (χ0n) is 13.0.